The molecule has 0 aliphatic carbocycles. The molecule has 3 rings (SSSR count). The molecule has 26 heavy (non-hydrogen) atoms. The predicted octanol–water partition coefficient (Wildman–Crippen LogP) is 1.52. The molecular formula is C21H17NO3Sn. The molecule has 0 bridgehead atoms. The number of carboxylic acids is 1. The third-order valence-electron chi connectivity index (χ3n) is 2.58. The van der Waals surface area contributed by atoms with Crippen molar-refractivity contribution >= 4 is 36.1 Å². The number of hydrogen-bond acceptors (Lipinski definition) is 4. The number of benzene rings is 3. The summed E-state index contributed by atoms with van der Waals surface area (Å²) in [5.74, 6) is -1.44. The third-order valence-corrected chi connectivity index (χ3v) is 2.58. The van der Waals surface area contributed by atoms with Gasteiger partial charge in [0.1, 0.15) is 0 Å². The minimum absolute atomic E-state index is 0. The van der Waals surface area contributed by atoms with Crippen LogP contribution in [0.25, 0.3) is 0 Å². The van der Waals surface area contributed by atoms with E-state index in [1.165, 1.54) is 12.3 Å². The zero-order valence-corrected chi connectivity index (χ0v) is 16.9. The Morgan fingerprint density at radius 1 is 0.885 bits per heavy atom. The fourth-order valence-electron chi connectivity index (χ4n) is 1.49. The van der Waals surface area contributed by atoms with Crippen molar-refractivity contribution in [1.29, 1.82) is 0 Å². The molecule has 3 aromatic carbocycles. The molecule has 3 aromatic rings. The van der Waals surface area contributed by atoms with Crippen LogP contribution in [-0.2, 0) is 4.79 Å². The molecule has 128 valence electrons. The van der Waals surface area contributed by atoms with Crippen molar-refractivity contribution in [2.45, 2.75) is 0 Å². The largest absolute Gasteiger partial charge is 2.00 e. The van der Waals surface area contributed by atoms with Crippen LogP contribution in [0.15, 0.2) is 89.9 Å². The molecule has 0 atom stereocenters. The van der Waals surface area contributed by atoms with Gasteiger partial charge in [0.25, 0.3) is 0 Å². The van der Waals surface area contributed by atoms with E-state index >= 15 is 0 Å². The number of carbonyl (C=O) groups is 1. The van der Waals surface area contributed by atoms with E-state index in [0.717, 1.165) is 0 Å². The number of aliphatic imine (C=N–C) groups is 1. The molecule has 0 spiro atoms. The van der Waals surface area contributed by atoms with Crippen molar-refractivity contribution in [3.05, 3.63) is 103 Å². The summed E-state index contributed by atoms with van der Waals surface area (Å²) in [6.45, 7) is -0.422. The van der Waals surface area contributed by atoms with Crippen LogP contribution in [0.2, 0.25) is 0 Å². The Kier molecular flexibility index (Phi) is 14.3. The minimum Gasteiger partial charge on any atom is -0.872 e. The summed E-state index contributed by atoms with van der Waals surface area (Å²) >= 11 is 0. The molecule has 0 saturated carbocycles. The van der Waals surface area contributed by atoms with Crippen molar-refractivity contribution in [2.75, 3.05) is 6.54 Å². The van der Waals surface area contributed by atoms with Gasteiger partial charge in [-0.25, -0.2) is 0 Å². The van der Waals surface area contributed by atoms with Gasteiger partial charge in [0.15, 0.2) is 0 Å². The van der Waals surface area contributed by atoms with Crippen LogP contribution in [0.3, 0.4) is 0 Å². The molecule has 0 heterocycles. The first-order chi connectivity index (χ1) is 12.2. The summed E-state index contributed by atoms with van der Waals surface area (Å²) in [5.41, 5.74) is 0.378. The van der Waals surface area contributed by atoms with Gasteiger partial charge in [-0.1, -0.05) is 84.9 Å². The van der Waals surface area contributed by atoms with E-state index < -0.39 is 12.5 Å². The molecule has 5 heteroatoms. The topological polar surface area (TPSA) is 75.5 Å². The van der Waals surface area contributed by atoms with E-state index in [9.17, 15) is 15.0 Å². The van der Waals surface area contributed by atoms with E-state index in [1.807, 2.05) is 60.7 Å². The van der Waals surface area contributed by atoms with E-state index in [-0.39, 0.29) is 29.7 Å². The van der Waals surface area contributed by atoms with Crippen LogP contribution >= 0.6 is 0 Å². The summed E-state index contributed by atoms with van der Waals surface area (Å²) in [5, 5.41) is 21.0. The molecule has 0 aromatic heterocycles. The maximum atomic E-state index is 11.0. The minimum atomic E-state index is -1.26. The Hall–Kier alpha value is -2.60. The zero-order valence-electron chi connectivity index (χ0n) is 14.0. The Balaban J connectivity index is 0.000000400. The van der Waals surface area contributed by atoms with Crippen molar-refractivity contribution in [3.63, 3.8) is 0 Å². The Labute approximate surface area is 170 Å². The second kappa shape index (κ2) is 15.9. The van der Waals surface area contributed by atoms with E-state index in [4.69, 9.17) is 0 Å². The van der Waals surface area contributed by atoms with Gasteiger partial charge in [-0.2, -0.15) is 0 Å². The molecule has 0 unspecified atom stereocenters. The second-order valence-electron chi connectivity index (χ2n) is 4.53. The van der Waals surface area contributed by atoms with Gasteiger partial charge in [-0.15, -0.1) is 5.75 Å². The standard InChI is InChI=1S/C9H9NO3.2C6H5.Sn/c11-8-4-2-1-3-7(8)5-10-6-9(12)13;2*1-2-4-6-5-3-1;/h1-5,11H,6H2,(H,12,13);2*1-5H;/q;;;+2/p-2. The van der Waals surface area contributed by atoms with Gasteiger partial charge in [-0.05, 0) is 17.7 Å². The number of para-hydroxylation sites is 1. The number of carbonyl (C=O) groups excluding carboxylic acids is 1. The summed E-state index contributed by atoms with van der Waals surface area (Å²) in [4.78, 5) is 13.5. The van der Waals surface area contributed by atoms with Crippen molar-refractivity contribution < 1.29 is 15.0 Å². The summed E-state index contributed by atoms with van der Waals surface area (Å²) in [6.07, 6.45) is 1.23. The summed E-state index contributed by atoms with van der Waals surface area (Å²) < 4.78 is 0. The van der Waals surface area contributed by atoms with Gasteiger partial charge in [-0.3, -0.25) is 4.99 Å². The van der Waals surface area contributed by atoms with Crippen molar-refractivity contribution in [2.24, 2.45) is 4.99 Å². The van der Waals surface area contributed by atoms with Gasteiger partial charge >= 0.3 is 23.9 Å². The number of aliphatic carboxylic acids is 1. The van der Waals surface area contributed by atoms with Crippen LogP contribution in [0, 0.1) is 12.1 Å². The fraction of sp³-hybridized carbons (Fsp3) is 0.0476. The molecule has 0 saturated heterocycles. The molecule has 0 N–H and O–H groups in total. The maximum Gasteiger partial charge on any atom is 2.00 e. The summed E-state index contributed by atoms with van der Waals surface area (Å²) in [6, 6.07) is 31.3. The van der Waals surface area contributed by atoms with E-state index in [0.29, 0.717) is 5.56 Å². The molecule has 4 radical (unpaired) electrons. The number of hydrogen-bond donors (Lipinski definition) is 0. The van der Waals surface area contributed by atoms with Gasteiger partial charge < -0.3 is 15.0 Å². The average Bonchev–Trinajstić information content (AvgIpc) is 2.67. The van der Waals surface area contributed by atoms with Crippen LogP contribution in [0.5, 0.6) is 5.75 Å². The van der Waals surface area contributed by atoms with Crippen LogP contribution in [0.1, 0.15) is 5.56 Å². The maximum absolute atomic E-state index is 11.0. The quantitative estimate of drug-likeness (QED) is 0.449. The molecule has 0 aliphatic heterocycles. The SMILES string of the molecule is O=C([O-])CN=Cc1ccccc1[O-].[Sn+2].[c]1ccccc1.[c]1ccccc1. The molecule has 4 nitrogen and oxygen atoms in total. The zero-order chi connectivity index (χ0) is 18.2. The monoisotopic (exact) mass is 451 g/mol. The van der Waals surface area contributed by atoms with Crippen molar-refractivity contribution in [1.82, 2.24) is 0 Å². The van der Waals surface area contributed by atoms with Gasteiger partial charge in [0.05, 0.1) is 12.5 Å². The predicted molar refractivity (Wildman–Crippen MR) is 99.7 cm³/mol. The number of nitrogens with zero attached hydrogens (tertiary/aromatic N) is 1. The van der Waals surface area contributed by atoms with Crippen LogP contribution < -0.4 is 10.2 Å². The Bertz CT molecular complexity index is 650. The Morgan fingerprint density at radius 2 is 1.38 bits per heavy atom. The normalized spacial score (nSPS) is 8.92. The van der Waals surface area contributed by atoms with Crippen molar-refractivity contribution in [3.8, 4) is 5.75 Å². The first kappa shape index (κ1) is 23.4. The summed E-state index contributed by atoms with van der Waals surface area (Å²) in [7, 11) is 0. The average molecular weight is 450 g/mol. The Morgan fingerprint density at radius 3 is 1.73 bits per heavy atom. The van der Waals surface area contributed by atoms with Gasteiger partial charge in [0, 0.05) is 6.21 Å². The smallest absolute Gasteiger partial charge is 0.872 e. The van der Waals surface area contributed by atoms with Crippen LogP contribution in [0.4, 0.5) is 0 Å². The van der Waals surface area contributed by atoms with E-state index in [1.54, 1.807) is 18.2 Å². The van der Waals surface area contributed by atoms with Crippen LogP contribution in [-0.4, -0.2) is 42.6 Å². The van der Waals surface area contributed by atoms with Gasteiger partial charge in [0.2, 0.25) is 0 Å². The molecule has 0 fully saturated rings. The number of carboxylic acid groups (broad SMARTS) is 1. The molecule has 0 amide bonds. The first-order valence-electron chi connectivity index (χ1n) is 7.48. The number of rotatable bonds is 3. The molecule has 0 aliphatic rings. The van der Waals surface area contributed by atoms with E-state index in [2.05, 4.69) is 17.1 Å². The first-order valence-corrected chi connectivity index (χ1v) is 7.48. The molecular weight excluding hydrogens is 433 g/mol. The fourth-order valence-corrected chi connectivity index (χ4v) is 1.49. The second-order valence-corrected chi connectivity index (χ2v) is 4.53. The third kappa shape index (κ3) is 12.8.